The Labute approximate surface area is 124 Å². The maximum atomic E-state index is 12.8. The van der Waals surface area contributed by atoms with Crippen LogP contribution < -0.4 is 5.32 Å². The van der Waals surface area contributed by atoms with Gasteiger partial charge in [0.1, 0.15) is 17.3 Å². The molecule has 0 bridgehead atoms. The van der Waals surface area contributed by atoms with E-state index >= 15 is 0 Å². The molecule has 0 fully saturated rings. The molecular weight excluding hydrogens is 291 g/mol. The Hall–Kier alpha value is -2.47. The summed E-state index contributed by atoms with van der Waals surface area (Å²) < 4.78 is 18.3. The SMILES string of the molecule is Cc1ccc(-c2csc(NC(=O)c3ccc(F)cc3)n2)o1. The predicted molar refractivity (Wildman–Crippen MR) is 78.9 cm³/mol. The fraction of sp³-hybridized carbons (Fsp3) is 0.0667. The average molecular weight is 302 g/mol. The molecule has 2 heterocycles. The van der Waals surface area contributed by atoms with Crippen LogP contribution in [0, 0.1) is 12.7 Å². The first-order valence-corrected chi connectivity index (χ1v) is 7.09. The van der Waals surface area contributed by atoms with Crippen molar-refractivity contribution in [2.75, 3.05) is 5.32 Å². The van der Waals surface area contributed by atoms with E-state index in [1.54, 1.807) is 5.38 Å². The van der Waals surface area contributed by atoms with Crippen molar-refractivity contribution in [2.45, 2.75) is 6.92 Å². The van der Waals surface area contributed by atoms with Crippen molar-refractivity contribution in [2.24, 2.45) is 0 Å². The Morgan fingerprint density at radius 1 is 1.24 bits per heavy atom. The molecule has 2 aromatic heterocycles. The van der Waals surface area contributed by atoms with Crippen molar-refractivity contribution < 1.29 is 13.6 Å². The number of nitrogens with zero attached hydrogens (tertiary/aromatic N) is 1. The van der Waals surface area contributed by atoms with Gasteiger partial charge in [-0.3, -0.25) is 10.1 Å². The molecule has 1 amide bonds. The van der Waals surface area contributed by atoms with Crippen LogP contribution in [0.3, 0.4) is 0 Å². The monoisotopic (exact) mass is 302 g/mol. The standard InChI is InChI=1S/C15H11FN2O2S/c1-9-2-7-13(20-9)12-8-21-15(17-12)18-14(19)10-3-5-11(16)6-4-10/h2-8H,1H3,(H,17,18,19). The van der Waals surface area contributed by atoms with Crippen molar-refractivity contribution in [3.63, 3.8) is 0 Å². The van der Waals surface area contributed by atoms with E-state index in [2.05, 4.69) is 10.3 Å². The Balaban J connectivity index is 1.75. The third-order valence-corrected chi connectivity index (χ3v) is 3.58. The topological polar surface area (TPSA) is 55.1 Å². The zero-order valence-corrected chi connectivity index (χ0v) is 11.9. The molecular formula is C15H11FN2O2S. The number of halogens is 1. The van der Waals surface area contributed by atoms with E-state index in [1.807, 2.05) is 19.1 Å². The molecule has 0 saturated heterocycles. The summed E-state index contributed by atoms with van der Waals surface area (Å²) in [5.41, 5.74) is 1.05. The Morgan fingerprint density at radius 2 is 2.00 bits per heavy atom. The van der Waals surface area contributed by atoms with Crippen LogP contribution in [0.15, 0.2) is 46.2 Å². The highest BCUT2D eigenvalue weighted by molar-refractivity contribution is 7.14. The Kier molecular flexibility index (Phi) is 3.53. The van der Waals surface area contributed by atoms with Gasteiger partial charge in [-0.1, -0.05) is 0 Å². The van der Waals surface area contributed by atoms with E-state index in [0.717, 1.165) is 5.76 Å². The number of amides is 1. The number of thiazole rings is 1. The quantitative estimate of drug-likeness (QED) is 0.792. The molecule has 0 aliphatic heterocycles. The number of nitrogens with one attached hydrogen (secondary N) is 1. The zero-order valence-electron chi connectivity index (χ0n) is 11.1. The van der Waals surface area contributed by atoms with E-state index in [0.29, 0.717) is 22.1 Å². The van der Waals surface area contributed by atoms with Gasteiger partial charge in [0.25, 0.3) is 5.91 Å². The minimum Gasteiger partial charge on any atom is -0.460 e. The van der Waals surface area contributed by atoms with Crippen LogP contribution in [0.1, 0.15) is 16.1 Å². The molecule has 0 unspecified atom stereocenters. The summed E-state index contributed by atoms with van der Waals surface area (Å²) in [7, 11) is 0. The fourth-order valence-electron chi connectivity index (χ4n) is 1.79. The molecule has 106 valence electrons. The van der Waals surface area contributed by atoms with Crippen molar-refractivity contribution in [3.8, 4) is 11.5 Å². The molecule has 1 N–H and O–H groups in total. The largest absolute Gasteiger partial charge is 0.460 e. The maximum Gasteiger partial charge on any atom is 0.257 e. The second-order valence-electron chi connectivity index (χ2n) is 4.41. The van der Waals surface area contributed by atoms with Gasteiger partial charge in [-0.05, 0) is 43.3 Å². The highest BCUT2D eigenvalue weighted by Gasteiger charge is 2.11. The minimum atomic E-state index is -0.378. The molecule has 0 radical (unpaired) electrons. The number of carbonyl (C=O) groups is 1. The van der Waals surface area contributed by atoms with Gasteiger partial charge >= 0.3 is 0 Å². The lowest BCUT2D eigenvalue weighted by Gasteiger charge is -2.01. The predicted octanol–water partition coefficient (Wildman–Crippen LogP) is 4.10. The van der Waals surface area contributed by atoms with E-state index in [-0.39, 0.29) is 11.7 Å². The highest BCUT2D eigenvalue weighted by atomic mass is 32.1. The van der Waals surface area contributed by atoms with Crippen molar-refractivity contribution in [3.05, 3.63) is 58.9 Å². The maximum absolute atomic E-state index is 12.8. The number of anilines is 1. The van der Waals surface area contributed by atoms with Crippen LogP contribution in [-0.2, 0) is 0 Å². The second-order valence-corrected chi connectivity index (χ2v) is 5.27. The van der Waals surface area contributed by atoms with Crippen LogP contribution >= 0.6 is 11.3 Å². The molecule has 4 nitrogen and oxygen atoms in total. The molecule has 21 heavy (non-hydrogen) atoms. The van der Waals surface area contributed by atoms with Gasteiger partial charge in [0.05, 0.1) is 0 Å². The number of hydrogen-bond donors (Lipinski definition) is 1. The second kappa shape index (κ2) is 5.49. The molecule has 0 spiro atoms. The summed E-state index contributed by atoms with van der Waals surface area (Å²) in [6, 6.07) is 9.02. The lowest BCUT2D eigenvalue weighted by Crippen LogP contribution is -2.11. The number of carbonyl (C=O) groups excluding carboxylic acids is 1. The number of furan rings is 1. The van der Waals surface area contributed by atoms with Gasteiger partial charge in [0, 0.05) is 10.9 Å². The molecule has 0 atom stereocenters. The van der Waals surface area contributed by atoms with E-state index in [9.17, 15) is 9.18 Å². The van der Waals surface area contributed by atoms with Gasteiger partial charge < -0.3 is 4.42 Å². The summed E-state index contributed by atoms with van der Waals surface area (Å²) in [4.78, 5) is 16.3. The summed E-state index contributed by atoms with van der Waals surface area (Å²) in [5.74, 6) is 0.753. The lowest BCUT2D eigenvalue weighted by molar-refractivity contribution is 0.102. The first kappa shape index (κ1) is 13.5. The number of rotatable bonds is 3. The number of benzene rings is 1. The molecule has 1 aromatic carbocycles. The Morgan fingerprint density at radius 3 is 2.67 bits per heavy atom. The molecule has 3 aromatic rings. The first-order chi connectivity index (χ1) is 10.1. The summed E-state index contributed by atoms with van der Waals surface area (Å²) >= 11 is 1.30. The summed E-state index contributed by atoms with van der Waals surface area (Å²) in [6.45, 7) is 1.85. The summed E-state index contributed by atoms with van der Waals surface area (Å²) in [6.07, 6.45) is 0. The Bertz CT molecular complexity index is 777. The van der Waals surface area contributed by atoms with Crippen LogP contribution in [0.25, 0.3) is 11.5 Å². The molecule has 0 aliphatic rings. The van der Waals surface area contributed by atoms with Crippen LogP contribution in [0.2, 0.25) is 0 Å². The highest BCUT2D eigenvalue weighted by Crippen LogP contribution is 2.26. The molecule has 3 rings (SSSR count). The first-order valence-electron chi connectivity index (χ1n) is 6.21. The van der Waals surface area contributed by atoms with Gasteiger partial charge in [-0.25, -0.2) is 9.37 Å². The van der Waals surface area contributed by atoms with Crippen molar-refractivity contribution >= 4 is 22.4 Å². The molecule has 0 aliphatic carbocycles. The van der Waals surface area contributed by atoms with E-state index < -0.39 is 0 Å². The van der Waals surface area contributed by atoms with E-state index in [1.165, 1.54) is 35.6 Å². The van der Waals surface area contributed by atoms with Gasteiger partial charge in [-0.15, -0.1) is 11.3 Å². The summed E-state index contributed by atoms with van der Waals surface area (Å²) in [5, 5.41) is 4.95. The fourth-order valence-corrected chi connectivity index (χ4v) is 2.48. The van der Waals surface area contributed by atoms with Gasteiger partial charge in [-0.2, -0.15) is 0 Å². The van der Waals surface area contributed by atoms with Gasteiger partial charge in [0.15, 0.2) is 10.9 Å². The molecule has 6 heteroatoms. The van der Waals surface area contributed by atoms with Crippen molar-refractivity contribution in [1.29, 1.82) is 0 Å². The third kappa shape index (κ3) is 3.00. The lowest BCUT2D eigenvalue weighted by atomic mass is 10.2. The van der Waals surface area contributed by atoms with Crippen molar-refractivity contribution in [1.82, 2.24) is 4.98 Å². The minimum absolute atomic E-state index is 0.327. The van der Waals surface area contributed by atoms with Gasteiger partial charge in [0.2, 0.25) is 0 Å². The van der Waals surface area contributed by atoms with Crippen LogP contribution in [0.4, 0.5) is 9.52 Å². The number of aromatic nitrogens is 1. The normalized spacial score (nSPS) is 10.6. The smallest absolute Gasteiger partial charge is 0.257 e. The molecule has 0 saturated carbocycles. The zero-order chi connectivity index (χ0) is 14.8. The van der Waals surface area contributed by atoms with Crippen LogP contribution in [0.5, 0.6) is 0 Å². The third-order valence-electron chi connectivity index (χ3n) is 2.82. The number of aryl methyl sites for hydroxylation is 1. The van der Waals surface area contributed by atoms with Crippen LogP contribution in [-0.4, -0.2) is 10.9 Å². The number of hydrogen-bond acceptors (Lipinski definition) is 4. The van der Waals surface area contributed by atoms with E-state index in [4.69, 9.17) is 4.42 Å². The average Bonchev–Trinajstić information content (AvgIpc) is 3.08.